The van der Waals surface area contributed by atoms with E-state index in [-0.39, 0.29) is 5.16 Å². The van der Waals surface area contributed by atoms with E-state index in [1.165, 1.54) is 27.2 Å². The molecule has 6 rings (SSSR count). The van der Waals surface area contributed by atoms with Gasteiger partial charge in [0.2, 0.25) is 0 Å². The normalized spacial score (nSPS) is 13.6. The van der Waals surface area contributed by atoms with Crippen LogP contribution in [0, 0.1) is 0 Å². The summed E-state index contributed by atoms with van der Waals surface area (Å²) in [6.07, 6.45) is 0. The molecule has 0 aliphatic heterocycles. The zero-order valence-corrected chi connectivity index (χ0v) is 25.2. The zero-order valence-electron chi connectivity index (χ0n) is 22.7. The molecule has 0 aliphatic carbocycles. The first-order chi connectivity index (χ1) is 18.8. The van der Waals surface area contributed by atoms with Crippen molar-refractivity contribution in [2.75, 3.05) is 0 Å². The Morgan fingerprint density at radius 2 is 1.44 bits per heavy atom. The lowest BCUT2D eigenvalue weighted by Crippen LogP contribution is -2.27. The highest BCUT2D eigenvalue weighted by Gasteiger charge is 2.39. The van der Waals surface area contributed by atoms with E-state index in [1.54, 1.807) is 0 Å². The molecule has 1 heterocycles. The van der Waals surface area contributed by atoms with Crippen molar-refractivity contribution in [2.45, 2.75) is 39.4 Å². The first kappa shape index (κ1) is 25.9. The lowest BCUT2D eigenvalue weighted by molar-refractivity contribution is 0.571. The molecule has 5 heteroatoms. The summed E-state index contributed by atoms with van der Waals surface area (Å²) in [5.41, 5.74) is 3.45. The minimum absolute atomic E-state index is 0.289. The lowest BCUT2D eigenvalue weighted by atomic mass is 10.1. The summed E-state index contributed by atoms with van der Waals surface area (Å²) in [5.74, 6) is 0.813. The topological polar surface area (TPSA) is 26.5 Å². The molecule has 1 aromatic heterocycles. The van der Waals surface area contributed by atoms with Crippen LogP contribution in [-0.4, -0.2) is 9.72 Å². The van der Waals surface area contributed by atoms with Crippen LogP contribution in [0.5, 0.6) is 5.75 Å². The second kappa shape index (κ2) is 10.0. The van der Waals surface area contributed by atoms with Gasteiger partial charge in [-0.15, -0.1) is 0 Å². The largest absolute Gasteiger partial charge is 0.455 e. The van der Waals surface area contributed by atoms with Gasteiger partial charge in [0.1, 0.15) is 5.75 Å². The molecule has 0 aliphatic rings. The van der Waals surface area contributed by atoms with E-state index in [9.17, 15) is 0 Å². The molecular formula is C34H32BrN2OP. The molecule has 0 spiro atoms. The molecule has 0 unspecified atom stereocenters. The summed E-state index contributed by atoms with van der Waals surface area (Å²) in [6, 6.07) is 38.5. The maximum Gasteiger partial charge on any atom is 0.173 e. The number of aromatic nitrogens is 1. The number of rotatable bonds is 5. The Balaban J connectivity index is 1.71. The highest BCUT2D eigenvalue weighted by atomic mass is 79.9. The van der Waals surface area contributed by atoms with Crippen molar-refractivity contribution in [3.8, 4) is 5.75 Å². The Hall–Kier alpha value is -3.33. The SMILES string of the molecule is CCn1c2ccccc2c2cc([P@](=Nc3cccc4ccccc34)(Oc3cccc(Br)c3)C(C)(C)C)ccc21. The van der Waals surface area contributed by atoms with Crippen molar-refractivity contribution >= 4 is 66.8 Å². The van der Waals surface area contributed by atoms with Gasteiger partial charge in [-0.3, -0.25) is 0 Å². The van der Waals surface area contributed by atoms with Gasteiger partial charge in [0.15, 0.2) is 7.28 Å². The molecule has 0 saturated heterocycles. The van der Waals surface area contributed by atoms with Crippen molar-refractivity contribution in [1.82, 2.24) is 4.57 Å². The van der Waals surface area contributed by atoms with Gasteiger partial charge in [-0.05, 0) is 60.8 Å². The molecule has 0 bridgehead atoms. The third kappa shape index (κ3) is 4.50. The summed E-state index contributed by atoms with van der Waals surface area (Å²) in [7, 11) is -2.69. The monoisotopic (exact) mass is 594 g/mol. The summed E-state index contributed by atoms with van der Waals surface area (Å²) in [4.78, 5) is 0. The van der Waals surface area contributed by atoms with E-state index in [4.69, 9.17) is 9.27 Å². The van der Waals surface area contributed by atoms with Crippen LogP contribution in [0.4, 0.5) is 5.69 Å². The van der Waals surface area contributed by atoms with Crippen LogP contribution < -0.4 is 9.83 Å². The molecule has 0 fully saturated rings. The van der Waals surface area contributed by atoms with Crippen LogP contribution >= 0.6 is 23.2 Å². The van der Waals surface area contributed by atoms with Gasteiger partial charge >= 0.3 is 0 Å². The van der Waals surface area contributed by atoms with Crippen LogP contribution in [0.1, 0.15) is 27.7 Å². The van der Waals surface area contributed by atoms with E-state index in [0.29, 0.717) is 0 Å². The molecule has 1 atom stereocenters. The van der Waals surface area contributed by atoms with Crippen molar-refractivity contribution < 1.29 is 4.52 Å². The number of fused-ring (bicyclic) bond motifs is 4. The van der Waals surface area contributed by atoms with Gasteiger partial charge in [-0.1, -0.05) is 97.4 Å². The van der Waals surface area contributed by atoms with E-state index in [0.717, 1.165) is 33.1 Å². The molecule has 0 saturated carbocycles. The number of aryl methyl sites for hydroxylation is 1. The van der Waals surface area contributed by atoms with Gasteiger partial charge in [0.05, 0.1) is 5.69 Å². The first-order valence-corrected chi connectivity index (χ1v) is 15.8. The molecule has 196 valence electrons. The fraction of sp³-hybridized carbons (Fsp3) is 0.176. The molecule has 39 heavy (non-hydrogen) atoms. The number of benzene rings is 5. The zero-order chi connectivity index (χ0) is 27.2. The van der Waals surface area contributed by atoms with Crippen LogP contribution in [-0.2, 0) is 6.54 Å². The minimum atomic E-state index is -2.69. The Kier molecular flexibility index (Phi) is 6.65. The summed E-state index contributed by atoms with van der Waals surface area (Å²) in [5, 5.41) is 5.66. The minimum Gasteiger partial charge on any atom is -0.455 e. The van der Waals surface area contributed by atoms with E-state index < -0.39 is 7.28 Å². The molecule has 3 nitrogen and oxygen atoms in total. The quantitative estimate of drug-likeness (QED) is 0.182. The molecule has 5 aromatic carbocycles. The van der Waals surface area contributed by atoms with Gasteiger partial charge < -0.3 is 9.09 Å². The van der Waals surface area contributed by atoms with E-state index >= 15 is 0 Å². The average molecular weight is 596 g/mol. The predicted octanol–water partition coefficient (Wildman–Crippen LogP) is 10.7. The first-order valence-electron chi connectivity index (χ1n) is 13.4. The van der Waals surface area contributed by atoms with Crippen LogP contribution in [0.25, 0.3) is 32.6 Å². The Morgan fingerprint density at radius 3 is 2.21 bits per heavy atom. The molecule has 0 N–H and O–H groups in total. The van der Waals surface area contributed by atoms with Gasteiger partial charge in [-0.25, -0.2) is 4.74 Å². The average Bonchev–Trinajstić information content (AvgIpc) is 3.25. The van der Waals surface area contributed by atoms with Crippen molar-refractivity contribution in [3.63, 3.8) is 0 Å². The third-order valence-corrected chi connectivity index (χ3v) is 11.6. The van der Waals surface area contributed by atoms with Crippen molar-refractivity contribution in [1.29, 1.82) is 0 Å². The Bertz CT molecular complexity index is 1890. The molecular weight excluding hydrogens is 563 g/mol. The second-order valence-corrected chi connectivity index (χ2v) is 15.2. The predicted molar refractivity (Wildman–Crippen MR) is 172 cm³/mol. The van der Waals surface area contributed by atoms with Crippen LogP contribution in [0.15, 0.2) is 118 Å². The summed E-state index contributed by atoms with van der Waals surface area (Å²) >= 11 is 3.65. The van der Waals surface area contributed by atoms with E-state index in [1.807, 2.05) is 24.3 Å². The second-order valence-electron chi connectivity index (χ2n) is 10.9. The fourth-order valence-electron chi connectivity index (χ4n) is 5.50. The summed E-state index contributed by atoms with van der Waals surface area (Å²) in [6.45, 7) is 9.89. The van der Waals surface area contributed by atoms with Gasteiger partial charge in [-0.2, -0.15) is 0 Å². The van der Waals surface area contributed by atoms with Gasteiger partial charge in [0, 0.05) is 48.7 Å². The number of hydrogen-bond donors (Lipinski definition) is 0. The lowest BCUT2D eigenvalue weighted by Gasteiger charge is -2.37. The maximum absolute atomic E-state index is 7.19. The fourth-order valence-corrected chi connectivity index (χ4v) is 8.97. The Morgan fingerprint density at radius 1 is 0.744 bits per heavy atom. The standard InChI is InChI=1S/C34H32BrN2OP/c1-5-37-32-19-9-8-17-29(32)30-23-27(20-21-33(30)37)39(34(2,3)4,38-26-15-11-14-25(35)22-26)36-31-18-10-13-24-12-6-7-16-28(24)31/h6-23H,5H2,1-4H3/t39-/m0/s1. The number of hydrogen-bond acceptors (Lipinski definition) is 2. The number of halogens is 1. The smallest absolute Gasteiger partial charge is 0.173 e. The Labute approximate surface area is 238 Å². The number of para-hydroxylation sites is 1. The van der Waals surface area contributed by atoms with Crippen molar-refractivity contribution in [2.24, 2.45) is 4.74 Å². The molecule has 0 amide bonds. The highest BCUT2D eigenvalue weighted by molar-refractivity contribution is 9.10. The van der Waals surface area contributed by atoms with Crippen molar-refractivity contribution in [3.05, 3.63) is 114 Å². The molecule has 0 radical (unpaired) electrons. The van der Waals surface area contributed by atoms with Crippen LogP contribution in [0.3, 0.4) is 0 Å². The van der Waals surface area contributed by atoms with Crippen LogP contribution in [0.2, 0.25) is 0 Å². The highest BCUT2D eigenvalue weighted by Crippen LogP contribution is 2.62. The molecule has 6 aromatic rings. The van der Waals surface area contributed by atoms with E-state index in [2.05, 4.69) is 133 Å². The van der Waals surface area contributed by atoms with Gasteiger partial charge in [0.25, 0.3) is 0 Å². The third-order valence-electron chi connectivity index (χ3n) is 7.38. The number of nitrogens with zero attached hydrogens (tertiary/aromatic N) is 2. The maximum atomic E-state index is 7.19. The summed E-state index contributed by atoms with van der Waals surface area (Å²) < 4.78 is 16.2.